The molecule has 2 amide bonds. The van der Waals surface area contributed by atoms with Gasteiger partial charge in [-0.3, -0.25) is 24.3 Å². The van der Waals surface area contributed by atoms with Gasteiger partial charge in [-0.15, -0.1) is 0 Å². The summed E-state index contributed by atoms with van der Waals surface area (Å²) >= 11 is 0. The van der Waals surface area contributed by atoms with E-state index in [2.05, 4.69) is 15.2 Å². The monoisotopic (exact) mass is 623 g/mol. The van der Waals surface area contributed by atoms with Crippen LogP contribution in [-0.4, -0.2) is 74.0 Å². The molecular weight excluding hydrogens is 587 g/mol. The molecular formula is C33H36F3N5O4. The summed E-state index contributed by atoms with van der Waals surface area (Å²) < 4.78 is 40.6. The van der Waals surface area contributed by atoms with Gasteiger partial charge in [0.25, 0.3) is 11.5 Å². The van der Waals surface area contributed by atoms with Crippen molar-refractivity contribution in [3.8, 4) is 11.1 Å². The van der Waals surface area contributed by atoms with Crippen molar-refractivity contribution in [2.75, 3.05) is 19.6 Å². The Morgan fingerprint density at radius 3 is 2.44 bits per heavy atom. The van der Waals surface area contributed by atoms with Crippen molar-refractivity contribution in [2.45, 2.75) is 68.4 Å². The SMILES string of the molecule is Cn1ccc(-c2ccc([C@]3(O)CC[C@@H](N4CC[C@H]5[C@@H]4CCN5C(=O)CNC(=O)c4cccc(C(F)(F)F)c4)CC3)nc2)cc1=O. The second-order valence-corrected chi connectivity index (χ2v) is 12.4. The third kappa shape index (κ3) is 6.26. The van der Waals surface area contributed by atoms with Crippen LogP contribution in [0, 0.1) is 0 Å². The molecule has 2 aromatic heterocycles. The molecule has 9 nitrogen and oxygen atoms in total. The van der Waals surface area contributed by atoms with E-state index < -0.39 is 23.2 Å². The number of benzene rings is 1. The van der Waals surface area contributed by atoms with Crippen LogP contribution in [0.4, 0.5) is 13.2 Å². The van der Waals surface area contributed by atoms with Gasteiger partial charge in [0.05, 0.1) is 17.8 Å². The van der Waals surface area contributed by atoms with Crippen molar-refractivity contribution in [1.29, 1.82) is 0 Å². The number of fused-ring (bicyclic) bond motifs is 1. The Hall–Kier alpha value is -4.03. The zero-order valence-electron chi connectivity index (χ0n) is 25.0. The van der Waals surface area contributed by atoms with Crippen molar-refractivity contribution in [1.82, 2.24) is 24.7 Å². The van der Waals surface area contributed by atoms with E-state index in [1.54, 1.807) is 30.4 Å². The summed E-state index contributed by atoms with van der Waals surface area (Å²) in [6.45, 7) is 1.12. The minimum atomic E-state index is -4.56. The fraction of sp³-hybridized carbons (Fsp3) is 0.455. The van der Waals surface area contributed by atoms with Crippen LogP contribution in [0.15, 0.2) is 65.7 Å². The van der Waals surface area contributed by atoms with Crippen LogP contribution in [0.1, 0.15) is 60.1 Å². The van der Waals surface area contributed by atoms with Gasteiger partial charge in [0, 0.05) is 67.8 Å². The van der Waals surface area contributed by atoms with Gasteiger partial charge >= 0.3 is 6.18 Å². The highest BCUT2D eigenvalue weighted by Crippen LogP contribution is 2.42. The fourth-order valence-electron chi connectivity index (χ4n) is 7.21. The van der Waals surface area contributed by atoms with E-state index in [0.29, 0.717) is 25.1 Å². The van der Waals surface area contributed by atoms with Gasteiger partial charge in [0.1, 0.15) is 5.60 Å². The molecule has 1 aliphatic carbocycles. The molecule has 4 heterocycles. The molecule has 0 unspecified atom stereocenters. The third-order valence-electron chi connectivity index (χ3n) is 9.72. The number of nitrogens with zero attached hydrogens (tertiary/aromatic N) is 4. The van der Waals surface area contributed by atoms with Crippen molar-refractivity contribution in [2.24, 2.45) is 7.05 Å². The van der Waals surface area contributed by atoms with Gasteiger partial charge in [0.15, 0.2) is 0 Å². The van der Waals surface area contributed by atoms with Gasteiger partial charge < -0.3 is 19.9 Å². The van der Waals surface area contributed by atoms with Gasteiger partial charge in [-0.1, -0.05) is 12.1 Å². The first-order valence-electron chi connectivity index (χ1n) is 15.3. The van der Waals surface area contributed by atoms with Crippen molar-refractivity contribution in [3.05, 3.63) is 88.1 Å². The number of carbonyl (C=O) groups is 2. The third-order valence-corrected chi connectivity index (χ3v) is 9.72. The lowest BCUT2D eigenvalue weighted by Crippen LogP contribution is -2.47. The molecule has 2 aliphatic heterocycles. The van der Waals surface area contributed by atoms with Gasteiger partial charge in [-0.2, -0.15) is 13.2 Å². The maximum atomic E-state index is 13.1. The molecule has 0 bridgehead atoms. The number of halogens is 3. The Kier molecular flexibility index (Phi) is 8.30. The Labute approximate surface area is 258 Å². The molecule has 3 aliphatic rings. The standard InChI is InChI=1S/C33H36F3N5O4/c1-39-14-9-21(18-29(39)42)23-5-6-28(37-19-23)32(45)12-7-25(8-13-32)40-15-10-27-26(40)11-16-41(27)30(43)20-38-31(44)22-3-2-4-24(17-22)33(34,35)36/h2-6,9,14,17-19,25-27,45H,7-8,10-13,15-16,20H2,1H3,(H,38,44)/t25-,26-,27-,32+/m0/s1. The summed E-state index contributed by atoms with van der Waals surface area (Å²) in [5.41, 5.74) is 0.0197. The summed E-state index contributed by atoms with van der Waals surface area (Å²) in [4.78, 5) is 46.4. The van der Waals surface area contributed by atoms with Crippen LogP contribution in [-0.2, 0) is 23.6 Å². The number of aryl methyl sites for hydroxylation is 1. The number of pyridine rings is 2. The number of alkyl halides is 3. The molecule has 2 atom stereocenters. The topological polar surface area (TPSA) is 108 Å². The summed E-state index contributed by atoms with van der Waals surface area (Å²) in [6.07, 6.45) is 3.18. The first-order valence-corrected chi connectivity index (χ1v) is 15.3. The van der Waals surface area contributed by atoms with Crippen LogP contribution in [0.5, 0.6) is 0 Å². The van der Waals surface area contributed by atoms with E-state index >= 15 is 0 Å². The number of rotatable bonds is 6. The van der Waals surface area contributed by atoms with E-state index in [-0.39, 0.29) is 41.7 Å². The van der Waals surface area contributed by atoms with Crippen LogP contribution in [0.25, 0.3) is 11.1 Å². The highest BCUT2D eigenvalue weighted by molar-refractivity contribution is 5.96. The molecule has 2 N–H and O–H groups in total. The lowest BCUT2D eigenvalue weighted by atomic mass is 9.79. The Morgan fingerprint density at radius 2 is 1.76 bits per heavy atom. The van der Waals surface area contributed by atoms with Crippen LogP contribution >= 0.6 is 0 Å². The maximum absolute atomic E-state index is 13.1. The van der Waals surface area contributed by atoms with E-state index in [0.717, 1.165) is 55.5 Å². The second kappa shape index (κ2) is 12.1. The highest BCUT2D eigenvalue weighted by Gasteiger charge is 2.48. The average Bonchev–Trinajstić information content (AvgIpc) is 3.64. The minimum Gasteiger partial charge on any atom is -0.384 e. The Balaban J connectivity index is 1.02. The second-order valence-electron chi connectivity index (χ2n) is 12.4. The number of aliphatic hydroxyl groups is 1. The molecule has 45 heavy (non-hydrogen) atoms. The normalized spacial score (nSPS) is 25.3. The predicted octanol–water partition coefficient (Wildman–Crippen LogP) is 3.70. The van der Waals surface area contributed by atoms with E-state index in [4.69, 9.17) is 0 Å². The number of nitrogens with one attached hydrogen (secondary N) is 1. The van der Waals surface area contributed by atoms with Crippen LogP contribution in [0.3, 0.4) is 0 Å². The fourth-order valence-corrected chi connectivity index (χ4v) is 7.21. The lowest BCUT2D eigenvalue weighted by Gasteiger charge is -2.41. The van der Waals surface area contributed by atoms with Crippen molar-refractivity contribution in [3.63, 3.8) is 0 Å². The molecule has 12 heteroatoms. The number of carbonyl (C=O) groups excluding carboxylic acids is 2. The van der Waals surface area contributed by atoms with Crippen molar-refractivity contribution >= 4 is 11.8 Å². The quantitative estimate of drug-likeness (QED) is 0.434. The zero-order chi connectivity index (χ0) is 31.9. The van der Waals surface area contributed by atoms with E-state index in [1.165, 1.54) is 16.7 Å². The Morgan fingerprint density at radius 1 is 1.00 bits per heavy atom. The van der Waals surface area contributed by atoms with E-state index in [1.807, 2.05) is 18.2 Å². The summed E-state index contributed by atoms with van der Waals surface area (Å²) in [6, 6.07) is 11.8. The highest BCUT2D eigenvalue weighted by atomic mass is 19.4. The Bertz CT molecular complexity index is 1630. The minimum absolute atomic E-state index is 0.0211. The predicted molar refractivity (Wildman–Crippen MR) is 160 cm³/mol. The number of likely N-dealkylation sites (tertiary alicyclic amines) is 2. The number of hydrogen-bond donors (Lipinski definition) is 2. The van der Waals surface area contributed by atoms with E-state index in [9.17, 15) is 32.7 Å². The van der Waals surface area contributed by atoms with Crippen LogP contribution in [0.2, 0.25) is 0 Å². The van der Waals surface area contributed by atoms with Crippen LogP contribution < -0.4 is 10.9 Å². The molecule has 238 valence electrons. The summed E-state index contributed by atoms with van der Waals surface area (Å²) in [5, 5.41) is 14.0. The number of amides is 2. The van der Waals surface area contributed by atoms with Crippen molar-refractivity contribution < 1.29 is 27.9 Å². The molecule has 0 spiro atoms. The lowest BCUT2D eigenvalue weighted by molar-refractivity contribution is -0.137. The first kappa shape index (κ1) is 31.0. The molecule has 0 radical (unpaired) electrons. The molecule has 3 aromatic rings. The summed E-state index contributed by atoms with van der Waals surface area (Å²) in [5.74, 6) is -0.962. The first-order chi connectivity index (χ1) is 21.4. The molecule has 1 aromatic carbocycles. The number of aromatic nitrogens is 2. The van der Waals surface area contributed by atoms with Gasteiger partial charge in [-0.05, 0) is 74.4 Å². The summed E-state index contributed by atoms with van der Waals surface area (Å²) in [7, 11) is 1.70. The molecule has 1 saturated carbocycles. The smallest absolute Gasteiger partial charge is 0.384 e. The molecule has 3 fully saturated rings. The maximum Gasteiger partial charge on any atom is 0.416 e. The molecule has 2 saturated heterocycles. The average molecular weight is 624 g/mol. The van der Waals surface area contributed by atoms with Gasteiger partial charge in [0.2, 0.25) is 5.91 Å². The zero-order valence-corrected chi connectivity index (χ0v) is 25.0. The van der Waals surface area contributed by atoms with Gasteiger partial charge in [-0.25, -0.2) is 0 Å². The number of hydrogen-bond acceptors (Lipinski definition) is 6. The molecule has 6 rings (SSSR count). The largest absolute Gasteiger partial charge is 0.416 e.